The van der Waals surface area contributed by atoms with E-state index in [9.17, 15) is 4.39 Å². The van der Waals surface area contributed by atoms with E-state index in [0.29, 0.717) is 12.2 Å². The Kier molecular flexibility index (Phi) is 3.84. The summed E-state index contributed by atoms with van der Waals surface area (Å²) in [5.74, 6) is -0.262. The lowest BCUT2D eigenvalue weighted by atomic mass is 10.1. The van der Waals surface area contributed by atoms with Crippen molar-refractivity contribution in [1.82, 2.24) is 0 Å². The number of hydrogen-bond donors (Lipinski definition) is 1. The summed E-state index contributed by atoms with van der Waals surface area (Å²) in [4.78, 5) is 0. The van der Waals surface area contributed by atoms with Gasteiger partial charge in [0.05, 0.1) is 6.61 Å². The standard InChI is InChI=1S/C18H15FO2/c19-17-10-13(11-20)8-9-18(17)21-12-15-6-3-5-14-4-1-2-7-16(14)15/h1-10,20H,11-12H2. The third kappa shape index (κ3) is 2.88. The molecule has 0 unspecified atom stereocenters. The Morgan fingerprint density at radius 3 is 2.57 bits per heavy atom. The number of fused-ring (bicyclic) bond motifs is 1. The molecule has 0 aromatic heterocycles. The van der Waals surface area contributed by atoms with E-state index in [1.807, 2.05) is 42.5 Å². The van der Waals surface area contributed by atoms with Gasteiger partial charge in [-0.2, -0.15) is 0 Å². The van der Waals surface area contributed by atoms with Crippen molar-refractivity contribution in [2.45, 2.75) is 13.2 Å². The number of ether oxygens (including phenoxy) is 1. The lowest BCUT2D eigenvalue weighted by molar-refractivity contribution is 0.277. The minimum absolute atomic E-state index is 0.180. The van der Waals surface area contributed by atoms with Gasteiger partial charge in [0.25, 0.3) is 0 Å². The van der Waals surface area contributed by atoms with E-state index < -0.39 is 5.82 Å². The monoisotopic (exact) mass is 282 g/mol. The molecule has 0 bridgehead atoms. The second-order valence-electron chi connectivity index (χ2n) is 4.85. The van der Waals surface area contributed by atoms with Gasteiger partial charge in [-0.1, -0.05) is 48.5 Å². The molecular formula is C18H15FO2. The third-order valence-electron chi connectivity index (χ3n) is 3.44. The summed E-state index contributed by atoms with van der Waals surface area (Å²) in [5.41, 5.74) is 1.55. The van der Waals surface area contributed by atoms with Crippen molar-refractivity contribution >= 4 is 10.8 Å². The molecule has 0 aliphatic carbocycles. The smallest absolute Gasteiger partial charge is 0.165 e. The van der Waals surface area contributed by atoms with Crippen LogP contribution in [-0.4, -0.2) is 5.11 Å². The molecule has 0 spiro atoms. The minimum Gasteiger partial charge on any atom is -0.486 e. The number of aliphatic hydroxyl groups excluding tert-OH is 1. The molecule has 2 nitrogen and oxygen atoms in total. The lowest BCUT2D eigenvalue weighted by Gasteiger charge is -2.10. The van der Waals surface area contributed by atoms with Crippen LogP contribution in [0.25, 0.3) is 10.8 Å². The molecule has 3 heteroatoms. The summed E-state index contributed by atoms with van der Waals surface area (Å²) >= 11 is 0. The Bertz CT molecular complexity index is 763. The van der Waals surface area contributed by atoms with E-state index in [1.165, 1.54) is 6.07 Å². The first-order valence-electron chi connectivity index (χ1n) is 6.76. The van der Waals surface area contributed by atoms with Crippen LogP contribution in [0.15, 0.2) is 60.7 Å². The molecule has 106 valence electrons. The van der Waals surface area contributed by atoms with E-state index in [4.69, 9.17) is 9.84 Å². The van der Waals surface area contributed by atoms with Crippen LogP contribution < -0.4 is 4.74 Å². The molecule has 3 aromatic rings. The van der Waals surface area contributed by atoms with Gasteiger partial charge in [0.15, 0.2) is 11.6 Å². The van der Waals surface area contributed by atoms with Crippen LogP contribution >= 0.6 is 0 Å². The van der Waals surface area contributed by atoms with Gasteiger partial charge in [-0.25, -0.2) is 4.39 Å². The van der Waals surface area contributed by atoms with Crippen LogP contribution in [0.4, 0.5) is 4.39 Å². The van der Waals surface area contributed by atoms with Crippen molar-refractivity contribution in [2.24, 2.45) is 0 Å². The maximum absolute atomic E-state index is 13.8. The molecule has 0 fully saturated rings. The predicted octanol–water partition coefficient (Wildman–Crippen LogP) is 4.05. The van der Waals surface area contributed by atoms with Gasteiger partial charge < -0.3 is 9.84 Å². The van der Waals surface area contributed by atoms with Crippen molar-refractivity contribution in [2.75, 3.05) is 0 Å². The third-order valence-corrected chi connectivity index (χ3v) is 3.44. The van der Waals surface area contributed by atoms with Crippen molar-refractivity contribution in [3.63, 3.8) is 0 Å². The quantitative estimate of drug-likeness (QED) is 0.782. The molecule has 3 aromatic carbocycles. The van der Waals surface area contributed by atoms with Gasteiger partial charge >= 0.3 is 0 Å². The first kappa shape index (κ1) is 13.6. The summed E-state index contributed by atoms with van der Waals surface area (Å²) in [5, 5.41) is 11.2. The SMILES string of the molecule is OCc1ccc(OCc2cccc3ccccc23)c(F)c1. The van der Waals surface area contributed by atoms with Crippen LogP contribution in [0.3, 0.4) is 0 Å². The van der Waals surface area contributed by atoms with Crippen LogP contribution in [0.2, 0.25) is 0 Å². The van der Waals surface area contributed by atoms with Gasteiger partial charge in [-0.05, 0) is 34.0 Å². The van der Waals surface area contributed by atoms with Crippen molar-refractivity contribution in [1.29, 1.82) is 0 Å². The fourth-order valence-electron chi connectivity index (χ4n) is 2.33. The summed E-state index contributed by atoms with van der Waals surface area (Å²) < 4.78 is 19.4. The molecular weight excluding hydrogens is 267 g/mol. The molecule has 1 N–H and O–H groups in total. The average Bonchev–Trinajstić information content (AvgIpc) is 2.53. The van der Waals surface area contributed by atoms with E-state index in [1.54, 1.807) is 12.1 Å². The molecule has 0 amide bonds. The molecule has 3 rings (SSSR count). The highest BCUT2D eigenvalue weighted by molar-refractivity contribution is 5.85. The van der Waals surface area contributed by atoms with Crippen LogP contribution in [-0.2, 0) is 13.2 Å². The highest BCUT2D eigenvalue weighted by Crippen LogP contribution is 2.23. The van der Waals surface area contributed by atoms with Crippen molar-refractivity contribution < 1.29 is 14.2 Å². The highest BCUT2D eigenvalue weighted by Gasteiger charge is 2.06. The van der Waals surface area contributed by atoms with Gasteiger partial charge in [-0.3, -0.25) is 0 Å². The first-order valence-corrected chi connectivity index (χ1v) is 6.76. The number of hydrogen-bond acceptors (Lipinski definition) is 2. The second kappa shape index (κ2) is 5.94. The number of rotatable bonds is 4. The number of aliphatic hydroxyl groups is 1. The van der Waals surface area contributed by atoms with E-state index in [2.05, 4.69) is 0 Å². The largest absolute Gasteiger partial charge is 0.486 e. The van der Waals surface area contributed by atoms with E-state index in [0.717, 1.165) is 16.3 Å². The molecule has 0 radical (unpaired) electrons. The maximum Gasteiger partial charge on any atom is 0.165 e. The number of halogens is 1. The van der Waals surface area contributed by atoms with E-state index in [-0.39, 0.29) is 12.4 Å². The molecule has 0 heterocycles. The summed E-state index contributed by atoms with van der Waals surface area (Å²) in [6, 6.07) is 18.5. The highest BCUT2D eigenvalue weighted by atomic mass is 19.1. The summed E-state index contributed by atoms with van der Waals surface area (Å²) in [6.45, 7) is 0.122. The van der Waals surface area contributed by atoms with Gasteiger partial charge in [-0.15, -0.1) is 0 Å². The van der Waals surface area contributed by atoms with Gasteiger partial charge in [0.1, 0.15) is 6.61 Å². The molecule has 0 saturated heterocycles. The average molecular weight is 282 g/mol. The molecule has 0 aliphatic heterocycles. The molecule has 0 aliphatic rings. The normalized spacial score (nSPS) is 10.8. The Balaban J connectivity index is 1.84. The van der Waals surface area contributed by atoms with Crippen LogP contribution in [0.5, 0.6) is 5.75 Å². The first-order chi connectivity index (χ1) is 10.3. The van der Waals surface area contributed by atoms with Gasteiger partial charge in [0, 0.05) is 0 Å². The zero-order valence-electron chi connectivity index (χ0n) is 11.4. The van der Waals surface area contributed by atoms with Gasteiger partial charge in [0.2, 0.25) is 0 Å². The minimum atomic E-state index is -0.457. The Labute approximate surface area is 122 Å². The Morgan fingerprint density at radius 1 is 0.952 bits per heavy atom. The maximum atomic E-state index is 13.8. The Morgan fingerprint density at radius 2 is 1.76 bits per heavy atom. The predicted molar refractivity (Wildman–Crippen MR) is 80.6 cm³/mol. The van der Waals surface area contributed by atoms with E-state index >= 15 is 0 Å². The van der Waals surface area contributed by atoms with Crippen LogP contribution in [0, 0.1) is 5.82 Å². The fraction of sp³-hybridized carbons (Fsp3) is 0.111. The molecule has 0 saturated carbocycles. The molecule has 0 atom stereocenters. The zero-order valence-corrected chi connectivity index (χ0v) is 11.4. The summed E-state index contributed by atoms with van der Waals surface area (Å²) in [7, 11) is 0. The van der Waals surface area contributed by atoms with Crippen molar-refractivity contribution in [3.05, 3.63) is 77.6 Å². The topological polar surface area (TPSA) is 29.5 Å². The zero-order chi connectivity index (χ0) is 14.7. The second-order valence-corrected chi connectivity index (χ2v) is 4.85. The van der Waals surface area contributed by atoms with Crippen molar-refractivity contribution in [3.8, 4) is 5.75 Å². The lowest BCUT2D eigenvalue weighted by Crippen LogP contribution is -1.99. The van der Waals surface area contributed by atoms with Crippen LogP contribution in [0.1, 0.15) is 11.1 Å². The number of benzene rings is 3. The molecule has 21 heavy (non-hydrogen) atoms. The summed E-state index contributed by atoms with van der Waals surface area (Å²) in [6.07, 6.45) is 0. The fourth-order valence-corrected chi connectivity index (χ4v) is 2.33. The Hall–Kier alpha value is -2.39.